The van der Waals surface area contributed by atoms with Crippen LogP contribution in [0.25, 0.3) is 0 Å². The minimum Gasteiger partial charge on any atom is -0.396 e. The van der Waals surface area contributed by atoms with Crippen molar-refractivity contribution in [1.82, 2.24) is 0 Å². The van der Waals surface area contributed by atoms with E-state index in [1.165, 1.54) is 0 Å². The maximum absolute atomic E-state index is 12.5. The Bertz CT molecular complexity index is 541. The quantitative estimate of drug-likeness (QED) is 0.806. The SMILES string of the molecule is C[C@]12CCC(=O)CC1CC(CO)[C@@H]1[C@H]2CC[C@]2(C)C(=O)CC[C@@H]12. The smallest absolute Gasteiger partial charge is 0.139 e. The van der Waals surface area contributed by atoms with Gasteiger partial charge in [-0.3, -0.25) is 9.59 Å². The molecule has 2 unspecified atom stereocenters. The normalized spacial score (nSPS) is 52.7. The van der Waals surface area contributed by atoms with E-state index in [2.05, 4.69) is 13.8 Å². The average Bonchev–Trinajstić information content (AvgIpc) is 2.83. The summed E-state index contributed by atoms with van der Waals surface area (Å²) in [4.78, 5) is 24.5. The number of aliphatic hydroxyl groups is 1. The van der Waals surface area contributed by atoms with Crippen LogP contribution in [0.15, 0.2) is 0 Å². The van der Waals surface area contributed by atoms with Crippen molar-refractivity contribution in [2.75, 3.05) is 6.61 Å². The van der Waals surface area contributed by atoms with Crippen LogP contribution in [0.5, 0.6) is 0 Å². The molecule has 0 spiro atoms. The zero-order chi connectivity index (χ0) is 16.4. The molecule has 0 aromatic carbocycles. The second kappa shape index (κ2) is 5.15. The highest BCUT2D eigenvalue weighted by molar-refractivity contribution is 5.87. The molecule has 4 rings (SSSR count). The molecule has 4 fully saturated rings. The van der Waals surface area contributed by atoms with Crippen LogP contribution in [0.2, 0.25) is 0 Å². The average molecular weight is 318 g/mol. The van der Waals surface area contributed by atoms with E-state index in [0.717, 1.165) is 51.4 Å². The molecular formula is C20H30O3. The fourth-order valence-electron chi connectivity index (χ4n) is 7.18. The summed E-state index contributed by atoms with van der Waals surface area (Å²) in [6, 6.07) is 0. The number of fused-ring (bicyclic) bond motifs is 5. The largest absolute Gasteiger partial charge is 0.396 e. The van der Waals surface area contributed by atoms with Gasteiger partial charge in [-0.25, -0.2) is 0 Å². The molecule has 0 saturated heterocycles. The summed E-state index contributed by atoms with van der Waals surface area (Å²) in [5.41, 5.74) is 0.111. The van der Waals surface area contributed by atoms with Crippen molar-refractivity contribution in [3.8, 4) is 0 Å². The van der Waals surface area contributed by atoms with Crippen molar-refractivity contribution < 1.29 is 14.7 Å². The molecule has 1 N–H and O–H groups in total. The van der Waals surface area contributed by atoms with Crippen molar-refractivity contribution in [2.45, 2.75) is 65.2 Å². The Morgan fingerprint density at radius 1 is 1.09 bits per heavy atom. The zero-order valence-electron chi connectivity index (χ0n) is 14.5. The first-order valence-corrected chi connectivity index (χ1v) is 9.56. The van der Waals surface area contributed by atoms with Gasteiger partial charge < -0.3 is 5.11 Å². The lowest BCUT2D eigenvalue weighted by Crippen LogP contribution is -2.57. The van der Waals surface area contributed by atoms with Crippen LogP contribution >= 0.6 is 0 Å². The third-order valence-corrected chi connectivity index (χ3v) is 8.60. The molecule has 3 nitrogen and oxygen atoms in total. The van der Waals surface area contributed by atoms with Crippen molar-refractivity contribution in [1.29, 1.82) is 0 Å². The molecule has 7 atom stereocenters. The Morgan fingerprint density at radius 3 is 2.61 bits per heavy atom. The highest BCUT2D eigenvalue weighted by atomic mass is 16.3. The Hall–Kier alpha value is -0.700. The maximum Gasteiger partial charge on any atom is 0.139 e. The fraction of sp³-hybridized carbons (Fsp3) is 0.900. The Balaban J connectivity index is 1.72. The molecule has 0 aromatic heterocycles. The number of carbonyl (C=O) groups is 2. The van der Waals surface area contributed by atoms with Crippen molar-refractivity contribution in [2.24, 2.45) is 40.4 Å². The van der Waals surface area contributed by atoms with Gasteiger partial charge in [-0.05, 0) is 67.1 Å². The Labute approximate surface area is 139 Å². The van der Waals surface area contributed by atoms with Gasteiger partial charge in [-0.1, -0.05) is 13.8 Å². The molecular weight excluding hydrogens is 288 g/mol. The first-order chi connectivity index (χ1) is 10.9. The topological polar surface area (TPSA) is 54.4 Å². The second-order valence-electron chi connectivity index (χ2n) is 9.33. The van der Waals surface area contributed by atoms with E-state index in [1.54, 1.807) is 0 Å². The van der Waals surface area contributed by atoms with Gasteiger partial charge in [0.25, 0.3) is 0 Å². The Morgan fingerprint density at radius 2 is 1.87 bits per heavy atom. The second-order valence-corrected chi connectivity index (χ2v) is 9.33. The van der Waals surface area contributed by atoms with Gasteiger partial charge in [0.15, 0.2) is 0 Å². The molecule has 0 heterocycles. The van der Waals surface area contributed by atoms with Crippen LogP contribution < -0.4 is 0 Å². The molecule has 23 heavy (non-hydrogen) atoms. The van der Waals surface area contributed by atoms with Crippen LogP contribution in [-0.4, -0.2) is 23.3 Å². The molecule has 3 heteroatoms. The van der Waals surface area contributed by atoms with Crippen LogP contribution in [0.4, 0.5) is 0 Å². The summed E-state index contributed by atoms with van der Waals surface area (Å²) in [7, 11) is 0. The third kappa shape index (κ3) is 2.04. The first kappa shape index (κ1) is 15.8. The van der Waals surface area contributed by atoms with Gasteiger partial charge in [0, 0.05) is 31.3 Å². The van der Waals surface area contributed by atoms with Crippen LogP contribution in [0.1, 0.15) is 65.2 Å². The molecule has 128 valence electrons. The van der Waals surface area contributed by atoms with Crippen molar-refractivity contribution in [3.63, 3.8) is 0 Å². The van der Waals surface area contributed by atoms with Gasteiger partial charge in [0.2, 0.25) is 0 Å². The summed E-state index contributed by atoms with van der Waals surface area (Å²) in [5, 5.41) is 10.1. The third-order valence-electron chi connectivity index (χ3n) is 8.60. The van der Waals surface area contributed by atoms with E-state index in [1.807, 2.05) is 0 Å². The van der Waals surface area contributed by atoms with E-state index < -0.39 is 0 Å². The van der Waals surface area contributed by atoms with Crippen molar-refractivity contribution in [3.05, 3.63) is 0 Å². The number of hydrogen-bond donors (Lipinski definition) is 1. The molecule has 0 radical (unpaired) electrons. The molecule has 4 aliphatic rings. The van der Waals surface area contributed by atoms with E-state index in [9.17, 15) is 14.7 Å². The predicted molar refractivity (Wildman–Crippen MR) is 87.7 cm³/mol. The fourth-order valence-corrected chi connectivity index (χ4v) is 7.18. The molecule has 4 saturated carbocycles. The number of hydrogen-bond acceptors (Lipinski definition) is 3. The standard InChI is InChI=1S/C20H30O3/c1-19-7-5-14(22)10-13(19)9-12(11-21)18-15-3-4-17(23)20(15,2)8-6-16(18)19/h12-13,15-16,18,21H,3-11H2,1-2H3/t12?,13?,15-,16+,18-,19-,20-/m0/s1. The summed E-state index contributed by atoms with van der Waals surface area (Å²) in [6.07, 6.45) is 7.35. The lowest BCUT2D eigenvalue weighted by atomic mass is 9.43. The van der Waals surface area contributed by atoms with Gasteiger partial charge >= 0.3 is 0 Å². The number of Topliss-reactive ketones (excluding diaryl/α,β-unsaturated/α-hetero) is 2. The summed E-state index contributed by atoms with van der Waals surface area (Å²) in [5.74, 6) is 3.16. The number of rotatable bonds is 1. The summed E-state index contributed by atoms with van der Waals surface area (Å²) < 4.78 is 0. The lowest BCUT2D eigenvalue weighted by Gasteiger charge is -2.61. The van der Waals surface area contributed by atoms with Gasteiger partial charge in [-0.2, -0.15) is 0 Å². The monoisotopic (exact) mass is 318 g/mol. The molecule has 4 aliphatic carbocycles. The zero-order valence-corrected chi connectivity index (χ0v) is 14.5. The van der Waals surface area contributed by atoms with Crippen LogP contribution in [0.3, 0.4) is 0 Å². The maximum atomic E-state index is 12.5. The summed E-state index contributed by atoms with van der Waals surface area (Å²) >= 11 is 0. The summed E-state index contributed by atoms with van der Waals surface area (Å²) in [6.45, 7) is 4.83. The molecule has 0 aromatic rings. The van der Waals surface area contributed by atoms with E-state index >= 15 is 0 Å². The van der Waals surface area contributed by atoms with Gasteiger partial charge in [0.1, 0.15) is 11.6 Å². The van der Waals surface area contributed by atoms with E-state index in [-0.39, 0.29) is 17.4 Å². The predicted octanol–water partition coefficient (Wildman–Crippen LogP) is 3.39. The number of aliphatic hydroxyl groups excluding tert-OH is 1. The first-order valence-electron chi connectivity index (χ1n) is 9.56. The molecule has 0 aliphatic heterocycles. The van der Waals surface area contributed by atoms with Crippen LogP contribution in [0, 0.1) is 40.4 Å². The van der Waals surface area contributed by atoms with Crippen molar-refractivity contribution >= 4 is 11.6 Å². The number of carbonyl (C=O) groups excluding carboxylic acids is 2. The minimum absolute atomic E-state index is 0.137. The number of ketones is 2. The van der Waals surface area contributed by atoms with Crippen LogP contribution in [-0.2, 0) is 9.59 Å². The lowest BCUT2D eigenvalue weighted by molar-refractivity contribution is -0.157. The Kier molecular flexibility index (Phi) is 3.54. The highest BCUT2D eigenvalue weighted by Crippen LogP contribution is 2.66. The highest BCUT2D eigenvalue weighted by Gasteiger charge is 2.62. The van der Waals surface area contributed by atoms with E-state index in [0.29, 0.717) is 41.2 Å². The van der Waals surface area contributed by atoms with Gasteiger partial charge in [0.05, 0.1) is 0 Å². The molecule has 0 amide bonds. The molecule has 0 bridgehead atoms. The van der Waals surface area contributed by atoms with Gasteiger partial charge in [-0.15, -0.1) is 0 Å². The minimum atomic E-state index is -0.137. The van der Waals surface area contributed by atoms with E-state index in [4.69, 9.17) is 0 Å².